The van der Waals surface area contributed by atoms with Crippen molar-refractivity contribution in [1.82, 2.24) is 25.9 Å². The Hall–Kier alpha value is -5.02. The number of amides is 5. The number of nitrogens with two attached hydrogens (primary N) is 3. The number of hydrogen-bond acceptors (Lipinski definition) is 11. The summed E-state index contributed by atoms with van der Waals surface area (Å²) < 4.78 is 67.4. The minimum Gasteiger partial charge on any atom is -0.444 e. The van der Waals surface area contributed by atoms with Gasteiger partial charge < -0.3 is 43.2 Å². The molecule has 8 rings (SSSR count). The van der Waals surface area contributed by atoms with E-state index in [1.54, 1.807) is 32.9 Å². The van der Waals surface area contributed by atoms with Gasteiger partial charge in [0.1, 0.15) is 10.8 Å². The van der Waals surface area contributed by atoms with E-state index in [-0.39, 0.29) is 87.5 Å². The Bertz CT molecular complexity index is 2100. The number of rotatable bonds is 7. The lowest BCUT2D eigenvalue weighted by Gasteiger charge is -2.28. The van der Waals surface area contributed by atoms with Crippen LogP contribution in [0.4, 0.5) is 32.6 Å². The van der Waals surface area contributed by atoms with E-state index in [1.165, 1.54) is 0 Å². The Morgan fingerprint density at radius 3 is 1.62 bits per heavy atom. The number of nitrogens with one attached hydrogen (secondary N) is 4. The fraction of sp³-hybridized carbons (Fsp3) is 0.538. The Morgan fingerprint density at radius 1 is 0.746 bits per heavy atom. The van der Waals surface area contributed by atoms with E-state index < -0.39 is 58.9 Å². The molecule has 1 aromatic heterocycles. The summed E-state index contributed by atoms with van der Waals surface area (Å²) in [5.41, 5.74) is 14.8. The smallest absolute Gasteiger partial charge is 0.444 e. The van der Waals surface area contributed by atoms with Crippen LogP contribution in [0.15, 0.2) is 58.6 Å². The summed E-state index contributed by atoms with van der Waals surface area (Å²) in [7, 11) is 0. The zero-order valence-corrected chi connectivity index (χ0v) is 36.1. The molecule has 3 saturated carbocycles. The topological polar surface area (TPSA) is 259 Å². The lowest BCUT2D eigenvalue weighted by Crippen LogP contribution is -2.51. The van der Waals surface area contributed by atoms with Crippen molar-refractivity contribution in [3.05, 3.63) is 64.7 Å². The van der Waals surface area contributed by atoms with Crippen molar-refractivity contribution in [2.75, 3.05) is 5.32 Å². The van der Waals surface area contributed by atoms with Gasteiger partial charge in [-0.1, -0.05) is 59.7 Å². The molecule has 0 aromatic carbocycles. The third-order valence-corrected chi connectivity index (χ3v) is 12.1. The van der Waals surface area contributed by atoms with Crippen LogP contribution in [0.2, 0.25) is 5.28 Å². The first-order chi connectivity index (χ1) is 29.3. The number of aromatic nitrogens is 2. The summed E-state index contributed by atoms with van der Waals surface area (Å²) in [4.78, 5) is 67.6. The monoisotopic (exact) mass is 950 g/mol. The van der Waals surface area contributed by atoms with Crippen LogP contribution in [0.3, 0.4) is 0 Å². The molecule has 1 aliphatic heterocycles. The average Bonchev–Trinajstić information content (AvgIpc) is 4.04. The number of alkyl carbamates (subject to hydrolysis) is 1. The maximum atomic E-state index is 13.6. The van der Waals surface area contributed by atoms with Gasteiger partial charge in [-0.25, -0.2) is 23.6 Å². The minimum absolute atomic E-state index is 0.0113. The number of allylic oxidation sites excluding steroid dienone is 4. The molecular weight excluding hydrogens is 906 g/mol. The van der Waals surface area contributed by atoms with Crippen molar-refractivity contribution in [1.29, 1.82) is 0 Å². The van der Waals surface area contributed by atoms with Crippen LogP contribution in [-0.4, -0.2) is 81.4 Å². The molecule has 3 fully saturated rings. The molecule has 7 unspecified atom stereocenters. The van der Waals surface area contributed by atoms with Gasteiger partial charge in [0.2, 0.25) is 23.0 Å². The lowest BCUT2D eigenvalue weighted by atomic mass is 9.88. The quantitative estimate of drug-likeness (QED) is 0.0665. The number of ether oxygens (including phenoxy) is 1. The second-order valence-electron chi connectivity index (χ2n) is 16.7. The maximum Gasteiger partial charge on any atom is 0.471 e. The lowest BCUT2D eigenvalue weighted by molar-refractivity contribution is -0.175. The van der Waals surface area contributed by atoms with E-state index in [1.807, 2.05) is 29.6 Å². The molecule has 6 aliphatic carbocycles. The van der Waals surface area contributed by atoms with Gasteiger partial charge in [-0.3, -0.25) is 19.2 Å². The number of carbonyl (C=O) groups excluding carboxylic acids is 5. The predicted octanol–water partition coefficient (Wildman–Crippen LogP) is 4.45. The van der Waals surface area contributed by atoms with Crippen molar-refractivity contribution >= 4 is 76.6 Å². The first-order valence-electron chi connectivity index (χ1n) is 19.6. The second kappa shape index (κ2) is 19.8. The van der Waals surface area contributed by atoms with Crippen molar-refractivity contribution in [2.24, 2.45) is 75.5 Å². The standard InChI is InChI=1S/C13H20N2O3.C12H12ClFN4O.C10H11F3N2O2.C4H3Cl2FN2/c1-13(2,3)18-12(17)15-10-8-5-4-7(6-8)9(10)11(14)16;13-12-16-4-7(14)11(18-12)17-9-6-2-1-5(3-6)8(9)10(15)19;11-10(12,13)9(17)15-7-5-2-1-4(3-5)6(7)8(14)16;5-3-2(7)1-8-4(6)9-3/h4-5,7-10H,6H2,1-3H3,(H2,14,16)(H,15,17);1-2,4-6,8-9H,3H2,(H2,15,19)(H,16,17,18);1-2,4-7H,3H2,(H2,14,16)(H,15,17);1,4,9H/t7-,8+,9?,10?;5-,6+,8?,9?;4-,5+,6?,7?;/m111./s1. The molecule has 5 amide bonds. The van der Waals surface area contributed by atoms with Gasteiger partial charge in [0.25, 0.3) is 0 Å². The van der Waals surface area contributed by atoms with E-state index in [0.717, 1.165) is 25.3 Å². The third kappa shape index (κ3) is 12.2. The van der Waals surface area contributed by atoms with Crippen LogP contribution < -0.4 is 38.5 Å². The third-order valence-electron chi connectivity index (χ3n) is 11.4. The number of hydrogen-bond donors (Lipinski definition) is 7. The Morgan fingerprint density at radius 2 is 1.19 bits per heavy atom. The fourth-order valence-electron chi connectivity index (χ4n) is 8.90. The Kier molecular flexibility index (Phi) is 15.4. The van der Waals surface area contributed by atoms with E-state index in [2.05, 4.69) is 30.9 Å². The van der Waals surface area contributed by atoms with Gasteiger partial charge >= 0.3 is 18.2 Å². The fourth-order valence-corrected chi connectivity index (χ4v) is 9.41. The minimum atomic E-state index is -4.94. The Labute approximate surface area is 373 Å². The van der Waals surface area contributed by atoms with Crippen LogP contribution in [0.25, 0.3) is 0 Å². The molecule has 0 radical (unpaired) electrons. The molecule has 6 bridgehead atoms. The van der Waals surface area contributed by atoms with Gasteiger partial charge in [-0.05, 0) is 87.1 Å². The molecule has 2 heterocycles. The van der Waals surface area contributed by atoms with Crippen LogP contribution in [0, 0.1) is 59.1 Å². The molecular formula is C39H46Cl3F5N10O6. The molecule has 7 aliphatic rings. The molecule has 63 heavy (non-hydrogen) atoms. The predicted molar refractivity (Wildman–Crippen MR) is 221 cm³/mol. The Balaban J connectivity index is 0.000000163. The summed E-state index contributed by atoms with van der Waals surface area (Å²) in [6.07, 6.45) is 10.5. The number of nitrogens with zero attached hydrogens (tertiary/aromatic N) is 3. The highest BCUT2D eigenvalue weighted by Crippen LogP contribution is 2.46. The normalized spacial score (nSPS) is 32.3. The summed E-state index contributed by atoms with van der Waals surface area (Å²) in [6, 6.07) is -1.31. The molecule has 344 valence electrons. The van der Waals surface area contributed by atoms with Crippen molar-refractivity contribution < 1.29 is 50.7 Å². The van der Waals surface area contributed by atoms with E-state index in [0.29, 0.717) is 6.42 Å². The van der Waals surface area contributed by atoms with Gasteiger partial charge in [-0.2, -0.15) is 18.2 Å². The molecule has 16 nitrogen and oxygen atoms in total. The number of aliphatic imine (C=N–C) groups is 1. The first kappa shape index (κ1) is 49.0. The van der Waals surface area contributed by atoms with Gasteiger partial charge in [-0.15, -0.1) is 0 Å². The summed E-state index contributed by atoms with van der Waals surface area (Å²) in [5, 5.41) is 9.83. The first-order valence-corrected chi connectivity index (χ1v) is 20.8. The average molecular weight is 952 g/mol. The zero-order valence-electron chi connectivity index (χ0n) is 33.8. The van der Waals surface area contributed by atoms with Crippen molar-refractivity contribution in [2.45, 2.75) is 75.6 Å². The van der Waals surface area contributed by atoms with Gasteiger partial charge in [0.05, 0.1) is 36.2 Å². The van der Waals surface area contributed by atoms with E-state index in [9.17, 15) is 45.9 Å². The van der Waals surface area contributed by atoms with Gasteiger partial charge in [0, 0.05) is 12.1 Å². The summed E-state index contributed by atoms with van der Waals surface area (Å²) >= 11 is 16.3. The number of carbonyl (C=O) groups is 5. The molecule has 1 aromatic rings. The van der Waals surface area contributed by atoms with Crippen molar-refractivity contribution in [3.8, 4) is 0 Å². The summed E-state index contributed by atoms with van der Waals surface area (Å²) in [5.74, 6) is -5.74. The van der Waals surface area contributed by atoms with E-state index in [4.69, 9.17) is 56.7 Å². The largest absolute Gasteiger partial charge is 0.471 e. The zero-order chi connectivity index (χ0) is 46.7. The molecule has 0 spiro atoms. The number of primary amides is 3. The SMILES string of the molecule is CC(C)(C)OC(=O)NC1C(C(N)=O)[C@@H]2C=C[C@H]1C2.FC1=C(Cl)NC(Cl)N=C1.NC(=O)C1C(NC(=O)C(F)(F)F)[C@H]2C=C[C@@H]1C2.NC(=O)C1C(Nc2nc(Cl)ncc2F)[C@H]2C=C[C@@H]1C2. The van der Waals surface area contributed by atoms with Gasteiger partial charge in [0.15, 0.2) is 23.1 Å². The van der Waals surface area contributed by atoms with Crippen LogP contribution in [-0.2, 0) is 23.9 Å². The number of alkyl halides is 4. The number of anilines is 1. The molecule has 24 heteroatoms. The molecule has 13 atom stereocenters. The highest BCUT2D eigenvalue weighted by molar-refractivity contribution is 6.32. The molecule has 10 N–H and O–H groups in total. The second-order valence-corrected chi connectivity index (χ2v) is 17.9. The highest BCUT2D eigenvalue weighted by atomic mass is 35.5. The maximum absolute atomic E-state index is 13.6. The summed E-state index contributed by atoms with van der Waals surface area (Å²) in [6.45, 7) is 5.41. The molecule has 0 saturated heterocycles. The van der Waals surface area contributed by atoms with Crippen LogP contribution in [0.5, 0.6) is 0 Å². The van der Waals surface area contributed by atoms with Crippen molar-refractivity contribution in [3.63, 3.8) is 0 Å². The van der Waals surface area contributed by atoms with Crippen LogP contribution >= 0.6 is 34.8 Å². The number of fused-ring (bicyclic) bond motifs is 6. The number of halogens is 8. The van der Waals surface area contributed by atoms with Crippen LogP contribution in [0.1, 0.15) is 40.0 Å². The highest BCUT2D eigenvalue weighted by Gasteiger charge is 2.52. The van der Waals surface area contributed by atoms with E-state index >= 15 is 0 Å².